The summed E-state index contributed by atoms with van der Waals surface area (Å²) in [4.78, 5) is 0. The highest BCUT2D eigenvalue weighted by atomic mass is 79.9. The predicted molar refractivity (Wildman–Crippen MR) is 96.6 cm³/mol. The normalized spacial score (nSPS) is 11.7. The number of hydrogen-bond donors (Lipinski definition) is 0. The van der Waals surface area contributed by atoms with Gasteiger partial charge in [0, 0.05) is 15.1 Å². The standard InChI is InChI=1S/C18H16BrClN2O/c1-18(2,3)12-6-4-11(5-7-12)16-21-22-17(23-16)14-10-13(20)8-9-15(14)19/h4-10H,1-3H3. The molecule has 0 saturated heterocycles. The second kappa shape index (κ2) is 6.10. The van der Waals surface area contributed by atoms with E-state index in [9.17, 15) is 0 Å². The zero-order chi connectivity index (χ0) is 16.6. The second-order valence-corrected chi connectivity index (χ2v) is 7.65. The molecule has 0 saturated carbocycles. The summed E-state index contributed by atoms with van der Waals surface area (Å²) in [5.41, 5.74) is 3.06. The Morgan fingerprint density at radius 3 is 2.26 bits per heavy atom. The zero-order valence-electron chi connectivity index (χ0n) is 13.1. The SMILES string of the molecule is CC(C)(C)c1ccc(-c2nnc(-c3cc(Cl)ccc3Br)o2)cc1. The van der Waals surface area contributed by atoms with Gasteiger partial charge in [0.05, 0.1) is 5.56 Å². The molecule has 0 fully saturated rings. The molecule has 2 aromatic carbocycles. The molecule has 0 radical (unpaired) electrons. The van der Waals surface area contributed by atoms with Gasteiger partial charge in [-0.2, -0.15) is 0 Å². The predicted octanol–water partition coefficient (Wildman–Crippen LogP) is 6.12. The van der Waals surface area contributed by atoms with Crippen molar-refractivity contribution < 1.29 is 4.42 Å². The lowest BCUT2D eigenvalue weighted by Gasteiger charge is -2.18. The monoisotopic (exact) mass is 390 g/mol. The van der Waals surface area contributed by atoms with Gasteiger partial charge in [0.25, 0.3) is 0 Å². The van der Waals surface area contributed by atoms with Crippen LogP contribution < -0.4 is 0 Å². The van der Waals surface area contributed by atoms with Crippen molar-refractivity contribution in [1.29, 1.82) is 0 Å². The molecule has 0 aliphatic rings. The number of rotatable bonds is 2. The molecule has 0 aliphatic carbocycles. The van der Waals surface area contributed by atoms with E-state index in [1.807, 2.05) is 18.2 Å². The van der Waals surface area contributed by atoms with Crippen LogP contribution in [0, 0.1) is 0 Å². The molecule has 3 rings (SSSR count). The van der Waals surface area contributed by atoms with E-state index >= 15 is 0 Å². The molecule has 118 valence electrons. The van der Waals surface area contributed by atoms with Gasteiger partial charge in [-0.15, -0.1) is 10.2 Å². The lowest BCUT2D eigenvalue weighted by molar-refractivity contribution is 0.581. The van der Waals surface area contributed by atoms with Crippen molar-refractivity contribution in [1.82, 2.24) is 10.2 Å². The number of hydrogen-bond acceptors (Lipinski definition) is 3. The maximum atomic E-state index is 6.04. The van der Waals surface area contributed by atoms with Crippen molar-refractivity contribution in [3.63, 3.8) is 0 Å². The highest BCUT2D eigenvalue weighted by molar-refractivity contribution is 9.10. The van der Waals surface area contributed by atoms with Gasteiger partial charge in [-0.1, -0.05) is 44.5 Å². The van der Waals surface area contributed by atoms with Crippen LogP contribution in [-0.2, 0) is 5.41 Å². The average Bonchev–Trinajstić information content (AvgIpc) is 2.99. The Bertz CT molecular complexity index is 835. The summed E-state index contributed by atoms with van der Waals surface area (Å²) in [7, 11) is 0. The van der Waals surface area contributed by atoms with E-state index in [-0.39, 0.29) is 5.41 Å². The minimum atomic E-state index is 0.115. The highest BCUT2D eigenvalue weighted by Crippen LogP contribution is 2.32. The van der Waals surface area contributed by atoms with Gasteiger partial charge in [0.1, 0.15) is 0 Å². The molecule has 0 aliphatic heterocycles. The fourth-order valence-electron chi connectivity index (χ4n) is 2.22. The summed E-state index contributed by atoms with van der Waals surface area (Å²) in [5.74, 6) is 0.932. The van der Waals surface area contributed by atoms with Gasteiger partial charge < -0.3 is 4.42 Å². The fourth-order valence-corrected chi connectivity index (χ4v) is 2.81. The molecule has 3 nitrogen and oxygen atoms in total. The first-order chi connectivity index (χ1) is 10.8. The Morgan fingerprint density at radius 2 is 1.61 bits per heavy atom. The first kappa shape index (κ1) is 16.2. The van der Waals surface area contributed by atoms with E-state index in [0.29, 0.717) is 16.8 Å². The zero-order valence-corrected chi connectivity index (χ0v) is 15.4. The topological polar surface area (TPSA) is 38.9 Å². The van der Waals surface area contributed by atoms with Crippen LogP contribution in [-0.4, -0.2) is 10.2 Å². The van der Waals surface area contributed by atoms with Crippen LogP contribution >= 0.6 is 27.5 Å². The van der Waals surface area contributed by atoms with E-state index < -0.39 is 0 Å². The molecule has 23 heavy (non-hydrogen) atoms. The van der Waals surface area contributed by atoms with Crippen molar-refractivity contribution in [3.8, 4) is 22.9 Å². The van der Waals surface area contributed by atoms with E-state index in [0.717, 1.165) is 15.6 Å². The molecular weight excluding hydrogens is 376 g/mol. The quantitative estimate of drug-likeness (QED) is 0.528. The third kappa shape index (κ3) is 3.48. The molecule has 0 unspecified atom stereocenters. The van der Waals surface area contributed by atoms with Crippen LogP contribution in [0.5, 0.6) is 0 Å². The Balaban J connectivity index is 1.94. The number of benzene rings is 2. The number of halogens is 2. The van der Waals surface area contributed by atoms with Gasteiger partial charge in [-0.25, -0.2) is 0 Å². The Hall–Kier alpha value is -1.65. The minimum Gasteiger partial charge on any atom is -0.416 e. The van der Waals surface area contributed by atoms with Crippen LogP contribution in [0.25, 0.3) is 22.9 Å². The molecular formula is C18H16BrClN2O. The van der Waals surface area contributed by atoms with Crippen LogP contribution in [0.1, 0.15) is 26.3 Å². The smallest absolute Gasteiger partial charge is 0.249 e. The molecule has 0 amide bonds. The molecule has 0 N–H and O–H groups in total. The van der Waals surface area contributed by atoms with Crippen LogP contribution in [0.4, 0.5) is 0 Å². The van der Waals surface area contributed by atoms with Crippen molar-refractivity contribution in [2.24, 2.45) is 0 Å². The summed E-state index contributed by atoms with van der Waals surface area (Å²) in [6, 6.07) is 13.7. The third-order valence-corrected chi connectivity index (χ3v) is 4.51. The second-order valence-electron chi connectivity index (χ2n) is 6.36. The number of aromatic nitrogens is 2. The van der Waals surface area contributed by atoms with Crippen molar-refractivity contribution in [2.75, 3.05) is 0 Å². The van der Waals surface area contributed by atoms with Crippen LogP contribution in [0.15, 0.2) is 51.4 Å². The van der Waals surface area contributed by atoms with E-state index in [1.165, 1.54) is 5.56 Å². The first-order valence-electron chi connectivity index (χ1n) is 7.24. The maximum Gasteiger partial charge on any atom is 0.249 e. The van der Waals surface area contributed by atoms with Crippen LogP contribution in [0.3, 0.4) is 0 Å². The van der Waals surface area contributed by atoms with Gasteiger partial charge >= 0.3 is 0 Å². The van der Waals surface area contributed by atoms with Gasteiger partial charge in [-0.3, -0.25) is 0 Å². The van der Waals surface area contributed by atoms with Gasteiger partial charge in [-0.05, 0) is 57.2 Å². The van der Waals surface area contributed by atoms with E-state index in [1.54, 1.807) is 12.1 Å². The Kier molecular flexibility index (Phi) is 4.30. The molecule has 0 bridgehead atoms. The summed E-state index contributed by atoms with van der Waals surface area (Å²) in [6.45, 7) is 6.55. The van der Waals surface area contributed by atoms with Gasteiger partial charge in [0.15, 0.2) is 0 Å². The fraction of sp³-hybridized carbons (Fsp3) is 0.222. The lowest BCUT2D eigenvalue weighted by atomic mass is 9.87. The van der Waals surface area contributed by atoms with Crippen molar-refractivity contribution in [3.05, 3.63) is 57.5 Å². The van der Waals surface area contributed by atoms with E-state index in [2.05, 4.69) is 59.0 Å². The minimum absolute atomic E-state index is 0.115. The maximum absolute atomic E-state index is 6.04. The van der Waals surface area contributed by atoms with Gasteiger partial charge in [0.2, 0.25) is 11.8 Å². The average molecular weight is 392 g/mol. The highest BCUT2D eigenvalue weighted by Gasteiger charge is 2.16. The third-order valence-electron chi connectivity index (χ3n) is 3.58. The molecule has 0 atom stereocenters. The lowest BCUT2D eigenvalue weighted by Crippen LogP contribution is -2.10. The first-order valence-corrected chi connectivity index (χ1v) is 8.41. The van der Waals surface area contributed by atoms with Crippen molar-refractivity contribution >= 4 is 27.5 Å². The summed E-state index contributed by atoms with van der Waals surface area (Å²) in [6.07, 6.45) is 0. The molecule has 1 aromatic heterocycles. The van der Waals surface area contributed by atoms with E-state index in [4.69, 9.17) is 16.0 Å². The molecule has 5 heteroatoms. The summed E-state index contributed by atoms with van der Waals surface area (Å²) in [5, 5.41) is 8.90. The molecule has 0 spiro atoms. The summed E-state index contributed by atoms with van der Waals surface area (Å²) >= 11 is 9.52. The largest absolute Gasteiger partial charge is 0.416 e. The summed E-state index contributed by atoms with van der Waals surface area (Å²) < 4.78 is 6.67. The van der Waals surface area contributed by atoms with Crippen LogP contribution in [0.2, 0.25) is 5.02 Å². The molecule has 3 aromatic rings. The van der Waals surface area contributed by atoms with Crippen molar-refractivity contribution in [2.45, 2.75) is 26.2 Å². The molecule has 1 heterocycles. The Labute approximate surface area is 148 Å². The number of nitrogens with zero attached hydrogens (tertiary/aromatic N) is 2. The Morgan fingerprint density at radius 1 is 0.957 bits per heavy atom.